The molecule has 0 amide bonds. The van der Waals surface area contributed by atoms with Crippen LogP contribution >= 0.6 is 11.6 Å². The lowest BCUT2D eigenvalue weighted by atomic mass is 10.1. The van der Waals surface area contributed by atoms with Crippen molar-refractivity contribution in [1.82, 2.24) is 0 Å². The largest absolute Gasteiger partial charge is 0.494 e. The van der Waals surface area contributed by atoms with Gasteiger partial charge >= 0.3 is 0 Å². The topological polar surface area (TPSA) is 39.4 Å². The number of rotatable bonds is 3. The van der Waals surface area contributed by atoms with E-state index in [1.165, 1.54) is 6.26 Å². The molecule has 1 aromatic heterocycles. The predicted molar refractivity (Wildman–Crippen MR) is 84.1 cm³/mol. The van der Waals surface area contributed by atoms with Crippen molar-refractivity contribution < 1.29 is 9.15 Å². The second kappa shape index (κ2) is 5.62. The molecule has 0 aliphatic heterocycles. The van der Waals surface area contributed by atoms with Crippen LogP contribution in [0.4, 0.5) is 0 Å². The summed E-state index contributed by atoms with van der Waals surface area (Å²) in [5, 5.41) is 1.11. The Kier molecular flexibility index (Phi) is 3.67. The van der Waals surface area contributed by atoms with Gasteiger partial charge in [0.25, 0.3) is 0 Å². The average Bonchev–Trinajstić information content (AvgIpc) is 2.48. The van der Waals surface area contributed by atoms with Crippen molar-refractivity contribution in [2.75, 3.05) is 6.61 Å². The molecule has 0 N–H and O–H groups in total. The molecule has 1 heterocycles. The molecule has 106 valence electrons. The van der Waals surface area contributed by atoms with Crippen LogP contribution in [0, 0.1) is 0 Å². The maximum Gasteiger partial charge on any atom is 0.200 e. The summed E-state index contributed by atoms with van der Waals surface area (Å²) in [5.41, 5.74) is 1.67. The van der Waals surface area contributed by atoms with Crippen molar-refractivity contribution in [3.63, 3.8) is 0 Å². The van der Waals surface area contributed by atoms with Crippen LogP contribution in [0.5, 0.6) is 5.75 Å². The zero-order chi connectivity index (χ0) is 14.8. The van der Waals surface area contributed by atoms with Crippen LogP contribution < -0.4 is 10.2 Å². The molecule has 0 saturated carbocycles. The monoisotopic (exact) mass is 300 g/mol. The van der Waals surface area contributed by atoms with Crippen molar-refractivity contribution in [3.05, 3.63) is 64.0 Å². The van der Waals surface area contributed by atoms with Crippen LogP contribution in [-0.2, 0) is 0 Å². The van der Waals surface area contributed by atoms with E-state index in [0.717, 1.165) is 5.56 Å². The van der Waals surface area contributed by atoms with Crippen LogP contribution in [0.3, 0.4) is 0 Å². The first-order chi connectivity index (χ1) is 10.2. The van der Waals surface area contributed by atoms with E-state index in [9.17, 15) is 4.79 Å². The Morgan fingerprint density at radius 1 is 1.19 bits per heavy atom. The first kappa shape index (κ1) is 13.7. The van der Waals surface area contributed by atoms with E-state index in [0.29, 0.717) is 33.9 Å². The van der Waals surface area contributed by atoms with E-state index in [2.05, 4.69) is 0 Å². The van der Waals surface area contributed by atoms with Gasteiger partial charge in [0.1, 0.15) is 17.6 Å². The van der Waals surface area contributed by atoms with Gasteiger partial charge in [0, 0.05) is 11.1 Å². The summed E-state index contributed by atoms with van der Waals surface area (Å²) >= 11 is 5.97. The van der Waals surface area contributed by atoms with Gasteiger partial charge in [-0.05, 0) is 36.8 Å². The van der Waals surface area contributed by atoms with E-state index in [1.807, 2.05) is 13.0 Å². The number of halogens is 1. The van der Waals surface area contributed by atoms with Crippen molar-refractivity contribution in [2.45, 2.75) is 6.92 Å². The highest BCUT2D eigenvalue weighted by Crippen LogP contribution is 2.24. The molecule has 3 aromatic rings. The van der Waals surface area contributed by atoms with Crippen LogP contribution in [-0.4, -0.2) is 6.61 Å². The van der Waals surface area contributed by atoms with Crippen LogP contribution in [0.25, 0.3) is 22.1 Å². The number of hydrogen-bond donors (Lipinski definition) is 0. The molecular weight excluding hydrogens is 288 g/mol. The van der Waals surface area contributed by atoms with Crippen molar-refractivity contribution in [2.24, 2.45) is 0 Å². The zero-order valence-corrected chi connectivity index (χ0v) is 12.2. The Hall–Kier alpha value is -2.26. The quantitative estimate of drug-likeness (QED) is 0.714. The van der Waals surface area contributed by atoms with Crippen LogP contribution in [0.1, 0.15) is 6.92 Å². The Morgan fingerprint density at radius 2 is 2.05 bits per heavy atom. The molecule has 0 bridgehead atoms. The summed E-state index contributed by atoms with van der Waals surface area (Å²) in [6.45, 7) is 2.47. The molecule has 0 fully saturated rings. The summed E-state index contributed by atoms with van der Waals surface area (Å²) in [4.78, 5) is 12.6. The van der Waals surface area contributed by atoms with Gasteiger partial charge in [0.05, 0.1) is 17.6 Å². The van der Waals surface area contributed by atoms with Gasteiger partial charge in [-0.3, -0.25) is 4.79 Å². The smallest absolute Gasteiger partial charge is 0.200 e. The predicted octanol–water partition coefficient (Wildman–Crippen LogP) is 4.51. The Balaban J connectivity index is 2.17. The molecule has 0 aliphatic carbocycles. The highest BCUT2D eigenvalue weighted by Gasteiger charge is 2.10. The average molecular weight is 301 g/mol. The molecule has 0 aliphatic rings. The third kappa shape index (κ3) is 2.65. The minimum atomic E-state index is -0.0819. The fourth-order valence-corrected chi connectivity index (χ4v) is 2.41. The van der Waals surface area contributed by atoms with Gasteiger partial charge in [-0.25, -0.2) is 0 Å². The van der Waals surface area contributed by atoms with E-state index in [1.54, 1.807) is 36.4 Å². The third-order valence-corrected chi connectivity index (χ3v) is 3.43. The Labute approximate surface area is 126 Å². The van der Waals surface area contributed by atoms with Gasteiger partial charge in [0.15, 0.2) is 5.43 Å². The molecule has 0 radical (unpaired) electrons. The second-order valence-electron chi connectivity index (χ2n) is 4.58. The van der Waals surface area contributed by atoms with E-state index >= 15 is 0 Å². The highest BCUT2D eigenvalue weighted by molar-refractivity contribution is 6.30. The zero-order valence-electron chi connectivity index (χ0n) is 11.4. The van der Waals surface area contributed by atoms with Crippen LogP contribution in [0.15, 0.2) is 57.9 Å². The summed E-state index contributed by atoms with van der Waals surface area (Å²) in [5.74, 6) is 0.684. The van der Waals surface area contributed by atoms with Crippen molar-refractivity contribution in [1.29, 1.82) is 0 Å². The molecule has 4 heteroatoms. The van der Waals surface area contributed by atoms with Gasteiger partial charge in [0.2, 0.25) is 0 Å². The Bertz CT molecular complexity index is 852. The van der Waals surface area contributed by atoms with Crippen molar-refractivity contribution in [3.8, 4) is 16.9 Å². The van der Waals surface area contributed by atoms with E-state index in [4.69, 9.17) is 20.8 Å². The molecule has 3 nitrogen and oxygen atoms in total. The van der Waals surface area contributed by atoms with Crippen molar-refractivity contribution >= 4 is 22.6 Å². The summed E-state index contributed by atoms with van der Waals surface area (Å²) in [6.07, 6.45) is 1.46. The van der Waals surface area contributed by atoms with Gasteiger partial charge < -0.3 is 9.15 Å². The van der Waals surface area contributed by atoms with Gasteiger partial charge in [-0.1, -0.05) is 23.7 Å². The van der Waals surface area contributed by atoms with Gasteiger partial charge in [-0.15, -0.1) is 0 Å². The van der Waals surface area contributed by atoms with E-state index < -0.39 is 0 Å². The summed E-state index contributed by atoms with van der Waals surface area (Å²) < 4.78 is 11.0. The maximum absolute atomic E-state index is 12.6. The molecule has 0 unspecified atom stereocenters. The molecule has 0 atom stereocenters. The molecule has 0 saturated heterocycles. The number of ether oxygens (including phenoxy) is 1. The number of fused-ring (bicyclic) bond motifs is 1. The molecular formula is C17H13ClO3. The Morgan fingerprint density at radius 3 is 2.81 bits per heavy atom. The lowest BCUT2D eigenvalue weighted by Crippen LogP contribution is -2.05. The lowest BCUT2D eigenvalue weighted by molar-refractivity contribution is 0.340. The maximum atomic E-state index is 12.6. The normalized spacial score (nSPS) is 10.8. The lowest BCUT2D eigenvalue weighted by Gasteiger charge is -2.06. The third-order valence-electron chi connectivity index (χ3n) is 3.19. The number of hydrogen-bond acceptors (Lipinski definition) is 3. The first-order valence-electron chi connectivity index (χ1n) is 6.63. The second-order valence-corrected chi connectivity index (χ2v) is 5.02. The number of benzene rings is 2. The molecule has 21 heavy (non-hydrogen) atoms. The fourth-order valence-electron chi connectivity index (χ4n) is 2.22. The fraction of sp³-hybridized carbons (Fsp3) is 0.118. The molecule has 0 spiro atoms. The SMILES string of the molecule is CCOc1ccc2c(=O)c(-c3cccc(Cl)c3)coc2c1. The minimum absolute atomic E-state index is 0.0819. The summed E-state index contributed by atoms with van der Waals surface area (Å²) in [7, 11) is 0. The standard InChI is InChI=1S/C17H13ClO3/c1-2-20-13-6-7-14-16(9-13)21-10-15(17(14)19)11-4-3-5-12(18)8-11/h3-10H,2H2,1H3. The highest BCUT2D eigenvalue weighted by atomic mass is 35.5. The molecule has 2 aromatic carbocycles. The van der Waals surface area contributed by atoms with Crippen LogP contribution in [0.2, 0.25) is 5.02 Å². The van der Waals surface area contributed by atoms with E-state index in [-0.39, 0.29) is 5.43 Å². The molecule has 3 rings (SSSR count). The minimum Gasteiger partial charge on any atom is -0.494 e. The summed E-state index contributed by atoms with van der Waals surface area (Å²) in [6, 6.07) is 12.4. The first-order valence-corrected chi connectivity index (χ1v) is 7.01. The van der Waals surface area contributed by atoms with Gasteiger partial charge in [-0.2, -0.15) is 0 Å².